The van der Waals surface area contributed by atoms with Crippen LogP contribution in [0.25, 0.3) is 22.0 Å². The SMILES string of the molecule is C/C=C1/CN2CC[C@@]34c5cc(OC)c(-c6cc7c8c(n(C)c7cc6OC)[C@@H]6[C@H]7O[C@@H](C)[C@@H](CN6C(=O)C(C)C)[C@H]7[C@H]8C(=O)OC)c(C)c5N(C)[C@@]23CC[C@@H]1C4C(=O)OC. The largest absolute Gasteiger partial charge is 0.496 e. The number of ether oxygens (including phenoxy) is 5. The van der Waals surface area contributed by atoms with Crippen LogP contribution in [0.1, 0.15) is 81.3 Å². The molecule has 6 fully saturated rings. The summed E-state index contributed by atoms with van der Waals surface area (Å²) in [7, 11) is 10.6. The Morgan fingerprint density at radius 1 is 0.983 bits per heavy atom. The van der Waals surface area contributed by atoms with Crippen LogP contribution in [0.2, 0.25) is 0 Å². The van der Waals surface area contributed by atoms with Crippen LogP contribution in [0.15, 0.2) is 29.8 Å². The topological polar surface area (TPSA) is 112 Å². The van der Waals surface area contributed by atoms with E-state index in [1.54, 1.807) is 14.2 Å². The summed E-state index contributed by atoms with van der Waals surface area (Å²) in [6.45, 7) is 12.5. The number of hydrogen-bond donors (Lipinski definition) is 0. The van der Waals surface area contributed by atoms with Crippen molar-refractivity contribution >= 4 is 34.4 Å². The molecule has 6 aliphatic heterocycles. The van der Waals surface area contributed by atoms with Crippen molar-refractivity contribution in [1.82, 2.24) is 14.4 Å². The number of aromatic nitrogens is 1. The van der Waals surface area contributed by atoms with Crippen LogP contribution in [0.4, 0.5) is 5.69 Å². The number of carbonyl (C=O) groups excluding carboxylic acids is 3. The molecule has 1 spiro atoms. The smallest absolute Gasteiger partial charge is 0.313 e. The Morgan fingerprint density at radius 3 is 2.37 bits per heavy atom. The predicted molar refractivity (Wildman–Crippen MR) is 223 cm³/mol. The number of allylic oxidation sites excluding steroid dienone is 1. The molecular formula is C47H58N4O8. The second kappa shape index (κ2) is 13.0. The molecule has 1 aromatic heterocycles. The van der Waals surface area contributed by atoms with Crippen molar-refractivity contribution < 1.29 is 38.1 Å². The Bertz CT molecular complexity index is 2380. The Kier molecular flexibility index (Phi) is 8.50. The average Bonchev–Trinajstić information content (AvgIpc) is 3.80. The summed E-state index contributed by atoms with van der Waals surface area (Å²) in [6.07, 6.45) is 4.47. The minimum atomic E-state index is -0.580. The zero-order valence-electron chi connectivity index (χ0n) is 36.3. The fourth-order valence-electron chi connectivity index (χ4n) is 14.3. The normalized spacial score (nSPS) is 35.2. The number of methoxy groups -OCH3 is 4. The zero-order chi connectivity index (χ0) is 41.8. The van der Waals surface area contributed by atoms with Crippen molar-refractivity contribution in [3.8, 4) is 22.6 Å². The minimum Gasteiger partial charge on any atom is -0.496 e. The number of piperidine rings is 1. The average molecular weight is 807 g/mol. The van der Waals surface area contributed by atoms with Crippen LogP contribution in [0.3, 0.4) is 0 Å². The van der Waals surface area contributed by atoms with Crippen molar-refractivity contribution in [2.75, 3.05) is 60.0 Å². The molecule has 1 saturated carbocycles. The van der Waals surface area contributed by atoms with Gasteiger partial charge in [0.2, 0.25) is 5.91 Å². The van der Waals surface area contributed by atoms with E-state index >= 15 is 0 Å². The highest BCUT2D eigenvalue weighted by Gasteiger charge is 2.76. The first kappa shape index (κ1) is 38.6. The molecule has 0 N–H and O–H groups in total. The molecular weight excluding hydrogens is 749 g/mol. The number of likely N-dealkylation sites (N-methyl/N-ethyl adjacent to an activating group) is 1. The van der Waals surface area contributed by atoms with Crippen LogP contribution in [0.5, 0.6) is 11.5 Å². The summed E-state index contributed by atoms with van der Waals surface area (Å²) in [4.78, 5) is 49.5. The Morgan fingerprint density at radius 2 is 1.71 bits per heavy atom. The van der Waals surface area contributed by atoms with Crippen molar-refractivity contribution in [2.45, 2.75) is 89.1 Å². The summed E-state index contributed by atoms with van der Waals surface area (Å²) in [5.41, 5.74) is 8.18. The van der Waals surface area contributed by atoms with E-state index in [4.69, 9.17) is 23.7 Å². The van der Waals surface area contributed by atoms with Crippen molar-refractivity contribution in [1.29, 1.82) is 0 Å². The first-order valence-electron chi connectivity index (χ1n) is 21.5. The summed E-state index contributed by atoms with van der Waals surface area (Å²) < 4.78 is 32.9. The molecule has 2 unspecified atom stereocenters. The molecule has 7 heterocycles. The van der Waals surface area contributed by atoms with E-state index in [2.05, 4.69) is 66.5 Å². The number of esters is 2. The van der Waals surface area contributed by atoms with Crippen LogP contribution in [-0.2, 0) is 41.1 Å². The number of anilines is 1. The number of aryl methyl sites for hydroxylation is 1. The number of fused-ring (bicyclic) bond motifs is 7. The lowest BCUT2D eigenvalue weighted by Gasteiger charge is -2.54. The fourth-order valence-corrected chi connectivity index (χ4v) is 14.3. The van der Waals surface area contributed by atoms with Gasteiger partial charge >= 0.3 is 11.9 Å². The molecule has 11 rings (SSSR count). The lowest BCUT2D eigenvalue weighted by molar-refractivity contribution is -0.154. The fraction of sp³-hybridized carbons (Fsp3) is 0.596. The van der Waals surface area contributed by atoms with Gasteiger partial charge in [-0.25, -0.2) is 0 Å². The van der Waals surface area contributed by atoms with E-state index in [-0.39, 0.29) is 65.7 Å². The van der Waals surface area contributed by atoms with Crippen molar-refractivity contribution in [3.05, 3.63) is 52.2 Å². The first-order chi connectivity index (χ1) is 28.3. The highest BCUT2D eigenvalue weighted by molar-refractivity contribution is 6.00. The Balaban J connectivity index is 1.23. The molecule has 0 radical (unpaired) electrons. The number of nitrogens with zero attached hydrogens (tertiary/aromatic N) is 4. The van der Waals surface area contributed by atoms with Gasteiger partial charge in [0.1, 0.15) is 17.2 Å². The van der Waals surface area contributed by atoms with Crippen LogP contribution in [0, 0.1) is 36.5 Å². The number of amides is 1. The van der Waals surface area contributed by atoms with Crippen LogP contribution in [-0.4, -0.2) is 105 Å². The first-order valence-corrected chi connectivity index (χ1v) is 21.5. The standard InChI is InChI=1S/C47H58N4O8/c1-12-25-20-50-16-15-46-30-18-33(56-9)34(23(4)39(30)49(7)47(46,50)14-13-26(25)38(46)45(54)58-11)28-17-27-31(19-32(28)55-8)48(6)40-35(27)37(44(53)57-10)36-29-21-51(43(52)22(2)3)41(40)42(36)59-24(29)5/h12,17-19,22,24,26,29,36-38,41-42H,13-16,20-21H2,1-11H3/b25-12-/t24-,26-,29+,36-,37-,38?,41+,42-,46-,47-/m0/s1. The second-order valence-corrected chi connectivity index (χ2v) is 18.6. The molecule has 5 saturated heterocycles. The third-order valence-electron chi connectivity index (χ3n) is 16.5. The summed E-state index contributed by atoms with van der Waals surface area (Å²) in [6, 6.07) is 6.08. The molecule has 3 aromatic rings. The molecule has 314 valence electrons. The molecule has 2 aliphatic carbocycles. The second-order valence-electron chi connectivity index (χ2n) is 18.6. The highest BCUT2D eigenvalue weighted by atomic mass is 16.5. The summed E-state index contributed by atoms with van der Waals surface area (Å²) in [5.74, 6) is -0.164. The monoisotopic (exact) mass is 806 g/mol. The summed E-state index contributed by atoms with van der Waals surface area (Å²) in [5, 5.41) is 0.917. The lowest BCUT2D eigenvalue weighted by atomic mass is 9.54. The molecule has 11 atom stereocenters. The lowest BCUT2D eigenvalue weighted by Crippen LogP contribution is -2.66. The third kappa shape index (κ3) is 4.44. The van der Waals surface area contributed by atoms with E-state index in [0.717, 1.165) is 82.5 Å². The Labute approximate surface area is 346 Å². The van der Waals surface area contributed by atoms with Gasteiger partial charge in [0.25, 0.3) is 0 Å². The molecule has 59 heavy (non-hydrogen) atoms. The molecule has 12 heteroatoms. The number of likely N-dealkylation sites (tertiary alicyclic amines) is 1. The maximum atomic E-state index is 14.2. The number of hydrogen-bond acceptors (Lipinski definition) is 10. The maximum Gasteiger partial charge on any atom is 0.313 e. The van der Waals surface area contributed by atoms with Gasteiger partial charge in [-0.15, -0.1) is 0 Å². The van der Waals surface area contributed by atoms with Gasteiger partial charge in [0.15, 0.2) is 0 Å². The van der Waals surface area contributed by atoms with Gasteiger partial charge in [-0.05, 0) is 74.8 Å². The number of rotatable bonds is 6. The third-order valence-corrected chi connectivity index (χ3v) is 16.5. The van der Waals surface area contributed by atoms with Gasteiger partial charge in [0, 0.05) is 90.9 Å². The van der Waals surface area contributed by atoms with E-state index in [9.17, 15) is 14.4 Å². The van der Waals surface area contributed by atoms with Gasteiger partial charge < -0.3 is 38.1 Å². The number of carbonyl (C=O) groups is 3. The van der Waals surface area contributed by atoms with Gasteiger partial charge in [-0.2, -0.15) is 0 Å². The quantitative estimate of drug-likeness (QED) is 0.210. The van der Waals surface area contributed by atoms with Crippen molar-refractivity contribution in [3.63, 3.8) is 0 Å². The van der Waals surface area contributed by atoms with Crippen molar-refractivity contribution in [2.24, 2.45) is 36.6 Å². The zero-order valence-corrected chi connectivity index (χ0v) is 36.3. The van der Waals surface area contributed by atoms with Crippen LogP contribution >= 0.6 is 0 Å². The Hall–Kier alpha value is -4.55. The molecule has 12 nitrogen and oxygen atoms in total. The maximum absolute atomic E-state index is 14.2. The van der Waals surface area contributed by atoms with E-state index in [1.165, 1.54) is 19.8 Å². The molecule has 8 bridgehead atoms. The van der Waals surface area contributed by atoms with Gasteiger partial charge in [-0.1, -0.05) is 25.5 Å². The molecule has 1 amide bonds. The van der Waals surface area contributed by atoms with Gasteiger partial charge in [-0.3, -0.25) is 19.3 Å². The van der Waals surface area contributed by atoms with Crippen LogP contribution < -0.4 is 14.4 Å². The number of benzene rings is 2. The highest BCUT2D eigenvalue weighted by Crippen LogP contribution is 2.71. The minimum absolute atomic E-state index is 0.0239. The molecule has 2 aromatic carbocycles. The van der Waals surface area contributed by atoms with E-state index < -0.39 is 17.0 Å². The summed E-state index contributed by atoms with van der Waals surface area (Å²) >= 11 is 0. The van der Waals surface area contributed by atoms with Gasteiger partial charge in [0.05, 0.1) is 64.0 Å². The molecule has 8 aliphatic rings. The predicted octanol–water partition coefficient (Wildman–Crippen LogP) is 6.25. The van der Waals surface area contributed by atoms with E-state index in [1.807, 2.05) is 25.8 Å². The van der Waals surface area contributed by atoms with E-state index in [0.29, 0.717) is 18.0 Å².